The van der Waals surface area contributed by atoms with E-state index in [2.05, 4.69) is 15.6 Å². The van der Waals surface area contributed by atoms with Crippen molar-refractivity contribution >= 4 is 23.2 Å². The summed E-state index contributed by atoms with van der Waals surface area (Å²) in [6.45, 7) is 4.45. The summed E-state index contributed by atoms with van der Waals surface area (Å²) in [6, 6.07) is 15.0. The number of nitrogens with zero attached hydrogens (tertiary/aromatic N) is 1. The van der Waals surface area contributed by atoms with Gasteiger partial charge >= 0.3 is 0 Å². The Morgan fingerprint density at radius 2 is 1.85 bits per heavy atom. The SMILES string of the molecule is COc1ccc(NC(N)=NCc2cccc(NC(=O)CC(C)C)c2)cc1. The molecule has 4 N–H and O–H groups in total. The summed E-state index contributed by atoms with van der Waals surface area (Å²) in [5, 5.41) is 5.94. The number of nitrogens with one attached hydrogen (secondary N) is 2. The van der Waals surface area contributed by atoms with Crippen LogP contribution in [0.3, 0.4) is 0 Å². The van der Waals surface area contributed by atoms with Crippen molar-refractivity contribution in [1.29, 1.82) is 0 Å². The third-order valence-corrected chi connectivity index (χ3v) is 3.60. The summed E-state index contributed by atoms with van der Waals surface area (Å²) < 4.78 is 5.12. The second-order valence-electron chi connectivity index (χ2n) is 6.40. The van der Waals surface area contributed by atoms with Crippen molar-refractivity contribution in [1.82, 2.24) is 0 Å². The van der Waals surface area contributed by atoms with E-state index in [-0.39, 0.29) is 5.91 Å². The molecule has 2 aromatic carbocycles. The number of benzene rings is 2. The van der Waals surface area contributed by atoms with Gasteiger partial charge in [0.05, 0.1) is 13.7 Å². The molecular formula is C20H26N4O2. The standard InChI is InChI=1S/C20H26N4O2/c1-14(2)11-19(25)23-17-6-4-5-15(12-17)13-22-20(21)24-16-7-9-18(26-3)10-8-16/h4-10,12,14H,11,13H2,1-3H3,(H,23,25)(H3,21,22,24). The number of rotatable bonds is 7. The van der Waals surface area contributed by atoms with Crippen LogP contribution in [0, 0.1) is 5.92 Å². The zero-order valence-corrected chi connectivity index (χ0v) is 15.5. The van der Waals surface area contributed by atoms with Crippen LogP contribution >= 0.6 is 0 Å². The molecule has 0 aromatic heterocycles. The van der Waals surface area contributed by atoms with E-state index in [9.17, 15) is 4.79 Å². The van der Waals surface area contributed by atoms with Gasteiger partial charge in [-0.25, -0.2) is 4.99 Å². The maximum Gasteiger partial charge on any atom is 0.224 e. The zero-order valence-electron chi connectivity index (χ0n) is 15.5. The Hall–Kier alpha value is -3.02. The van der Waals surface area contributed by atoms with Gasteiger partial charge < -0.3 is 21.1 Å². The van der Waals surface area contributed by atoms with E-state index in [1.165, 1.54) is 0 Å². The van der Waals surface area contributed by atoms with Crippen molar-refractivity contribution in [2.75, 3.05) is 17.7 Å². The van der Waals surface area contributed by atoms with Crippen LogP contribution in [-0.2, 0) is 11.3 Å². The highest BCUT2D eigenvalue weighted by Gasteiger charge is 2.05. The van der Waals surface area contributed by atoms with Gasteiger partial charge in [0.15, 0.2) is 5.96 Å². The first-order valence-electron chi connectivity index (χ1n) is 8.56. The van der Waals surface area contributed by atoms with E-state index in [4.69, 9.17) is 10.5 Å². The first kappa shape index (κ1) is 19.3. The lowest BCUT2D eigenvalue weighted by molar-refractivity contribution is -0.116. The van der Waals surface area contributed by atoms with Gasteiger partial charge in [0, 0.05) is 17.8 Å². The van der Waals surface area contributed by atoms with Crippen LogP contribution in [0.15, 0.2) is 53.5 Å². The Morgan fingerprint density at radius 1 is 1.12 bits per heavy atom. The molecule has 0 bridgehead atoms. The van der Waals surface area contributed by atoms with Crippen LogP contribution in [0.25, 0.3) is 0 Å². The van der Waals surface area contributed by atoms with Crippen molar-refractivity contribution in [3.8, 4) is 5.75 Å². The molecule has 1 amide bonds. The second-order valence-corrected chi connectivity index (χ2v) is 6.40. The molecule has 6 nitrogen and oxygen atoms in total. The highest BCUT2D eigenvalue weighted by Crippen LogP contribution is 2.15. The van der Waals surface area contributed by atoms with Crippen molar-refractivity contribution in [2.45, 2.75) is 26.8 Å². The number of methoxy groups -OCH3 is 1. The largest absolute Gasteiger partial charge is 0.497 e. The molecule has 0 saturated heterocycles. The van der Waals surface area contributed by atoms with Gasteiger partial charge in [-0.05, 0) is 47.9 Å². The summed E-state index contributed by atoms with van der Waals surface area (Å²) >= 11 is 0. The molecule has 0 aliphatic rings. The van der Waals surface area contributed by atoms with E-state index >= 15 is 0 Å². The number of hydrogen-bond acceptors (Lipinski definition) is 3. The van der Waals surface area contributed by atoms with Crippen LogP contribution in [0.1, 0.15) is 25.8 Å². The Kier molecular flexibility index (Phi) is 7.02. The number of carbonyl (C=O) groups is 1. The van der Waals surface area contributed by atoms with Crippen molar-refractivity contribution in [3.05, 3.63) is 54.1 Å². The van der Waals surface area contributed by atoms with E-state index in [0.717, 1.165) is 22.7 Å². The lowest BCUT2D eigenvalue weighted by atomic mass is 10.1. The maximum absolute atomic E-state index is 11.9. The van der Waals surface area contributed by atoms with E-state index in [0.29, 0.717) is 24.8 Å². The Balaban J connectivity index is 1.93. The minimum Gasteiger partial charge on any atom is -0.497 e. The van der Waals surface area contributed by atoms with Gasteiger partial charge in [0.2, 0.25) is 5.91 Å². The van der Waals surface area contributed by atoms with Gasteiger partial charge in [0.1, 0.15) is 5.75 Å². The molecule has 2 aromatic rings. The average Bonchev–Trinajstić information content (AvgIpc) is 2.60. The average molecular weight is 354 g/mol. The van der Waals surface area contributed by atoms with Crippen LogP contribution in [0.2, 0.25) is 0 Å². The fourth-order valence-electron chi connectivity index (χ4n) is 2.37. The molecule has 6 heteroatoms. The summed E-state index contributed by atoms with van der Waals surface area (Å²) in [4.78, 5) is 16.2. The van der Waals surface area contributed by atoms with Gasteiger partial charge in [-0.2, -0.15) is 0 Å². The molecule has 0 fully saturated rings. The van der Waals surface area contributed by atoms with Gasteiger partial charge in [-0.15, -0.1) is 0 Å². The van der Waals surface area contributed by atoms with Crippen LogP contribution < -0.4 is 21.1 Å². The second kappa shape index (κ2) is 9.46. The summed E-state index contributed by atoms with van der Waals surface area (Å²) in [7, 11) is 1.62. The first-order chi connectivity index (χ1) is 12.5. The van der Waals surface area contributed by atoms with Crippen LogP contribution in [0.5, 0.6) is 5.75 Å². The number of ether oxygens (including phenoxy) is 1. The molecule has 0 aliphatic carbocycles. The minimum atomic E-state index is 0.0151. The number of hydrogen-bond donors (Lipinski definition) is 3. The number of carbonyl (C=O) groups excluding carboxylic acids is 1. The quantitative estimate of drug-likeness (QED) is 0.523. The minimum absolute atomic E-state index is 0.0151. The van der Waals surface area contributed by atoms with E-state index in [1.807, 2.05) is 62.4 Å². The van der Waals surface area contributed by atoms with E-state index < -0.39 is 0 Å². The summed E-state index contributed by atoms with van der Waals surface area (Å²) in [5.41, 5.74) is 8.50. The molecule has 26 heavy (non-hydrogen) atoms. The highest BCUT2D eigenvalue weighted by molar-refractivity contribution is 5.92. The van der Waals surface area contributed by atoms with Crippen molar-refractivity contribution < 1.29 is 9.53 Å². The van der Waals surface area contributed by atoms with Gasteiger partial charge in [-0.3, -0.25) is 4.79 Å². The molecule has 2 rings (SSSR count). The van der Waals surface area contributed by atoms with Crippen LogP contribution in [-0.4, -0.2) is 19.0 Å². The molecule has 0 spiro atoms. The maximum atomic E-state index is 11.9. The number of nitrogens with two attached hydrogens (primary N) is 1. The first-order valence-corrected chi connectivity index (χ1v) is 8.56. The van der Waals surface area contributed by atoms with Crippen molar-refractivity contribution in [2.24, 2.45) is 16.6 Å². The predicted molar refractivity (Wildman–Crippen MR) is 106 cm³/mol. The molecular weight excluding hydrogens is 328 g/mol. The van der Waals surface area contributed by atoms with Gasteiger partial charge in [0.25, 0.3) is 0 Å². The third-order valence-electron chi connectivity index (χ3n) is 3.60. The number of guanidine groups is 1. The zero-order chi connectivity index (χ0) is 18.9. The summed E-state index contributed by atoms with van der Waals surface area (Å²) in [5.74, 6) is 1.44. The topological polar surface area (TPSA) is 88.7 Å². The lowest BCUT2D eigenvalue weighted by Gasteiger charge is -2.09. The number of aliphatic imine (C=N–C) groups is 1. The normalized spacial score (nSPS) is 11.3. The predicted octanol–water partition coefficient (Wildman–Crippen LogP) is 3.61. The monoisotopic (exact) mass is 354 g/mol. The fourth-order valence-corrected chi connectivity index (χ4v) is 2.37. The number of amides is 1. The van der Waals surface area contributed by atoms with Gasteiger partial charge in [-0.1, -0.05) is 26.0 Å². The molecule has 138 valence electrons. The molecule has 0 aliphatic heterocycles. The summed E-state index contributed by atoms with van der Waals surface area (Å²) in [6.07, 6.45) is 0.501. The molecule has 0 saturated carbocycles. The van der Waals surface area contributed by atoms with Crippen molar-refractivity contribution in [3.63, 3.8) is 0 Å². The lowest BCUT2D eigenvalue weighted by Crippen LogP contribution is -2.22. The number of anilines is 2. The molecule has 0 atom stereocenters. The molecule has 0 unspecified atom stereocenters. The smallest absolute Gasteiger partial charge is 0.224 e. The molecule has 0 heterocycles. The van der Waals surface area contributed by atoms with Crippen LogP contribution in [0.4, 0.5) is 11.4 Å². The Labute approximate surface area is 154 Å². The highest BCUT2D eigenvalue weighted by atomic mass is 16.5. The molecule has 0 radical (unpaired) electrons. The van der Waals surface area contributed by atoms with E-state index in [1.54, 1.807) is 7.11 Å². The Bertz CT molecular complexity index is 755. The Morgan fingerprint density at radius 3 is 2.50 bits per heavy atom. The fraction of sp³-hybridized carbons (Fsp3) is 0.300. The third kappa shape index (κ3) is 6.47.